The van der Waals surface area contributed by atoms with Crippen molar-refractivity contribution < 1.29 is 13.5 Å². The lowest BCUT2D eigenvalue weighted by Gasteiger charge is -2.26. The Morgan fingerprint density at radius 1 is 1.14 bits per heavy atom. The van der Waals surface area contributed by atoms with Crippen molar-refractivity contribution in [2.45, 2.75) is 58.5 Å². The highest BCUT2D eigenvalue weighted by Gasteiger charge is 2.24. The lowest BCUT2D eigenvalue weighted by Crippen LogP contribution is -2.40. The molecule has 3 N–H and O–H groups in total. The van der Waals surface area contributed by atoms with Gasteiger partial charge in [0.1, 0.15) is 9.84 Å². The molecular weight excluding hydrogens is 302 g/mol. The number of rotatable bonds is 11. The van der Waals surface area contributed by atoms with Crippen molar-refractivity contribution in [3.63, 3.8) is 0 Å². The molecule has 0 saturated carbocycles. The normalized spacial score (nSPS) is 13.2. The monoisotopic (exact) mass is 335 g/mol. The lowest BCUT2D eigenvalue weighted by molar-refractivity contribution is 0.0306. The standard InChI is InChI=1S/C15H33N3O3S/c1-5-9-15(19,10-6-2)13-18-14(16-7-3)17-11-8-12-22(4,20)21/h19H,5-13H2,1-4H3,(H2,16,17,18). The molecule has 0 atom stereocenters. The molecule has 0 radical (unpaired) electrons. The number of nitrogens with zero attached hydrogens (tertiary/aromatic N) is 1. The van der Waals surface area contributed by atoms with Gasteiger partial charge in [0.2, 0.25) is 0 Å². The van der Waals surface area contributed by atoms with Crippen LogP contribution in [0.1, 0.15) is 52.9 Å². The first-order valence-corrected chi connectivity index (χ1v) is 10.2. The van der Waals surface area contributed by atoms with Crippen LogP contribution in [0.3, 0.4) is 0 Å². The minimum atomic E-state index is -2.92. The first-order valence-electron chi connectivity index (χ1n) is 8.18. The van der Waals surface area contributed by atoms with E-state index in [1.54, 1.807) is 0 Å². The quantitative estimate of drug-likeness (QED) is 0.301. The van der Waals surface area contributed by atoms with Gasteiger partial charge in [-0.2, -0.15) is 0 Å². The third kappa shape index (κ3) is 10.8. The maximum Gasteiger partial charge on any atom is 0.191 e. The minimum absolute atomic E-state index is 0.162. The number of nitrogens with one attached hydrogen (secondary N) is 2. The first kappa shape index (κ1) is 21.2. The van der Waals surface area contributed by atoms with Gasteiger partial charge in [-0.25, -0.2) is 8.42 Å². The molecule has 0 bridgehead atoms. The van der Waals surface area contributed by atoms with Crippen LogP contribution in [0.4, 0.5) is 0 Å². The van der Waals surface area contributed by atoms with E-state index in [9.17, 15) is 13.5 Å². The van der Waals surface area contributed by atoms with Gasteiger partial charge < -0.3 is 15.7 Å². The largest absolute Gasteiger partial charge is 0.388 e. The van der Waals surface area contributed by atoms with E-state index >= 15 is 0 Å². The van der Waals surface area contributed by atoms with Gasteiger partial charge in [-0.1, -0.05) is 26.7 Å². The Balaban J connectivity index is 4.51. The van der Waals surface area contributed by atoms with E-state index in [4.69, 9.17) is 0 Å². The van der Waals surface area contributed by atoms with Crippen molar-refractivity contribution >= 4 is 15.8 Å². The van der Waals surface area contributed by atoms with Gasteiger partial charge in [-0.05, 0) is 26.2 Å². The van der Waals surface area contributed by atoms with Gasteiger partial charge >= 0.3 is 0 Å². The molecule has 0 rings (SSSR count). The lowest BCUT2D eigenvalue weighted by atomic mass is 9.93. The van der Waals surface area contributed by atoms with E-state index in [1.165, 1.54) is 6.26 Å². The Morgan fingerprint density at radius 2 is 1.73 bits per heavy atom. The van der Waals surface area contributed by atoms with Gasteiger partial charge in [-0.3, -0.25) is 4.99 Å². The molecule has 0 unspecified atom stereocenters. The van der Waals surface area contributed by atoms with Crippen LogP contribution in [-0.2, 0) is 9.84 Å². The summed E-state index contributed by atoms with van der Waals surface area (Å²) in [6, 6.07) is 0. The van der Waals surface area contributed by atoms with E-state index in [-0.39, 0.29) is 5.75 Å². The van der Waals surface area contributed by atoms with E-state index in [0.717, 1.165) is 32.2 Å². The third-order valence-corrected chi connectivity index (χ3v) is 4.32. The molecule has 0 amide bonds. The number of guanidine groups is 1. The number of aliphatic imine (C=N–C) groups is 1. The van der Waals surface area contributed by atoms with Gasteiger partial charge in [0.25, 0.3) is 0 Å². The summed E-state index contributed by atoms with van der Waals surface area (Å²) in [5.41, 5.74) is -0.751. The van der Waals surface area contributed by atoms with Crippen LogP contribution in [-0.4, -0.2) is 56.7 Å². The van der Waals surface area contributed by atoms with Gasteiger partial charge in [0.05, 0.1) is 17.9 Å². The van der Waals surface area contributed by atoms with Gasteiger partial charge in [0, 0.05) is 19.3 Å². The SMILES string of the molecule is CCCC(O)(CCC)CN=C(NCC)NCCCS(C)(=O)=O. The molecule has 6 nitrogen and oxygen atoms in total. The summed E-state index contributed by atoms with van der Waals surface area (Å²) in [5.74, 6) is 0.788. The number of hydrogen-bond donors (Lipinski definition) is 3. The average molecular weight is 336 g/mol. The van der Waals surface area contributed by atoms with Crippen LogP contribution in [0.15, 0.2) is 4.99 Å². The minimum Gasteiger partial charge on any atom is -0.388 e. The number of aliphatic hydroxyl groups is 1. The van der Waals surface area contributed by atoms with E-state index < -0.39 is 15.4 Å². The summed E-state index contributed by atoms with van der Waals surface area (Å²) in [6.45, 7) is 7.70. The van der Waals surface area contributed by atoms with Crippen molar-refractivity contribution in [1.82, 2.24) is 10.6 Å². The highest BCUT2D eigenvalue weighted by Crippen LogP contribution is 2.19. The molecule has 0 heterocycles. The second-order valence-corrected chi connectivity index (χ2v) is 8.09. The second kappa shape index (κ2) is 10.8. The summed E-state index contributed by atoms with van der Waals surface area (Å²) in [6.07, 6.45) is 5.09. The summed E-state index contributed by atoms with van der Waals surface area (Å²) >= 11 is 0. The zero-order chi connectivity index (χ0) is 17.1. The van der Waals surface area contributed by atoms with Gasteiger partial charge in [-0.15, -0.1) is 0 Å². The van der Waals surface area contributed by atoms with E-state index in [1.807, 2.05) is 6.92 Å². The van der Waals surface area contributed by atoms with Crippen LogP contribution in [0.5, 0.6) is 0 Å². The number of hydrogen-bond acceptors (Lipinski definition) is 4. The summed E-state index contributed by atoms with van der Waals surface area (Å²) in [4.78, 5) is 4.45. The molecule has 7 heteroatoms. The Kier molecular flexibility index (Phi) is 10.4. The maximum atomic E-state index is 11.1. The fraction of sp³-hybridized carbons (Fsp3) is 0.933. The highest BCUT2D eigenvalue weighted by atomic mass is 32.2. The molecule has 0 aromatic carbocycles. The molecular formula is C15H33N3O3S. The molecule has 0 spiro atoms. The Morgan fingerprint density at radius 3 is 2.18 bits per heavy atom. The van der Waals surface area contributed by atoms with Crippen LogP contribution in [0, 0.1) is 0 Å². The zero-order valence-electron chi connectivity index (χ0n) is 14.5. The molecule has 0 fully saturated rings. The smallest absolute Gasteiger partial charge is 0.191 e. The fourth-order valence-corrected chi connectivity index (χ4v) is 2.99. The topological polar surface area (TPSA) is 90.8 Å². The summed E-state index contributed by atoms with van der Waals surface area (Å²) in [7, 11) is -2.92. The molecule has 0 aromatic rings. The molecule has 0 aliphatic heterocycles. The molecule has 0 aromatic heterocycles. The summed E-state index contributed by atoms with van der Waals surface area (Å²) in [5, 5.41) is 16.8. The van der Waals surface area contributed by atoms with Gasteiger partial charge in [0.15, 0.2) is 5.96 Å². The second-order valence-electron chi connectivity index (χ2n) is 5.83. The Labute approximate surface area is 135 Å². The average Bonchev–Trinajstić information content (AvgIpc) is 2.40. The van der Waals surface area contributed by atoms with Crippen molar-refractivity contribution in [3.05, 3.63) is 0 Å². The highest BCUT2D eigenvalue weighted by molar-refractivity contribution is 7.90. The molecule has 132 valence electrons. The van der Waals surface area contributed by atoms with Crippen molar-refractivity contribution in [2.24, 2.45) is 4.99 Å². The van der Waals surface area contributed by atoms with Crippen molar-refractivity contribution in [2.75, 3.05) is 31.6 Å². The summed E-state index contributed by atoms with van der Waals surface area (Å²) < 4.78 is 22.2. The third-order valence-electron chi connectivity index (χ3n) is 3.29. The predicted molar refractivity (Wildman–Crippen MR) is 93.1 cm³/mol. The predicted octanol–water partition coefficient (Wildman–Crippen LogP) is 1.31. The molecule has 0 saturated heterocycles. The van der Waals surface area contributed by atoms with Crippen molar-refractivity contribution in [3.8, 4) is 0 Å². The fourth-order valence-electron chi connectivity index (χ4n) is 2.32. The van der Waals surface area contributed by atoms with Crippen LogP contribution in [0.2, 0.25) is 0 Å². The Hall–Kier alpha value is -0.820. The Bertz CT molecular complexity index is 416. The molecule has 0 aliphatic rings. The molecule has 0 aliphatic carbocycles. The van der Waals surface area contributed by atoms with E-state index in [2.05, 4.69) is 29.5 Å². The first-order chi connectivity index (χ1) is 10.3. The van der Waals surface area contributed by atoms with E-state index in [0.29, 0.717) is 25.5 Å². The molecule has 22 heavy (non-hydrogen) atoms. The maximum absolute atomic E-state index is 11.1. The van der Waals surface area contributed by atoms with Crippen molar-refractivity contribution in [1.29, 1.82) is 0 Å². The zero-order valence-corrected chi connectivity index (χ0v) is 15.3. The van der Waals surface area contributed by atoms with Crippen LogP contribution in [0.25, 0.3) is 0 Å². The van der Waals surface area contributed by atoms with Crippen LogP contribution >= 0.6 is 0 Å². The number of sulfone groups is 1. The van der Waals surface area contributed by atoms with Crippen LogP contribution < -0.4 is 10.6 Å².